The molecule has 6 heteroatoms. The van der Waals surface area contributed by atoms with Crippen LogP contribution in [0.4, 0.5) is 13.2 Å². The Labute approximate surface area is 112 Å². The van der Waals surface area contributed by atoms with Crippen molar-refractivity contribution < 1.29 is 17.4 Å². The zero-order chi connectivity index (χ0) is 14.0. The van der Waals surface area contributed by atoms with Gasteiger partial charge in [-0.25, -0.2) is 0 Å². The van der Waals surface area contributed by atoms with Crippen molar-refractivity contribution in [3.63, 3.8) is 0 Å². The van der Waals surface area contributed by atoms with E-state index in [0.29, 0.717) is 6.42 Å². The predicted octanol–water partition coefficient (Wildman–Crippen LogP) is 3.08. The first kappa shape index (κ1) is 14.5. The summed E-state index contributed by atoms with van der Waals surface area (Å²) >= 11 is 0. The second-order valence-corrected chi connectivity index (χ2v) is 6.60. The molecule has 19 heavy (non-hydrogen) atoms. The van der Waals surface area contributed by atoms with Gasteiger partial charge in [0.05, 0.1) is 16.4 Å². The molecule has 3 atom stereocenters. The van der Waals surface area contributed by atoms with E-state index < -0.39 is 22.5 Å². The average molecular weight is 291 g/mol. The van der Waals surface area contributed by atoms with Crippen LogP contribution in [0.2, 0.25) is 0 Å². The summed E-state index contributed by atoms with van der Waals surface area (Å²) in [6.07, 6.45) is -1.24. The maximum atomic E-state index is 12.6. The van der Waals surface area contributed by atoms with Crippen LogP contribution in [-0.4, -0.2) is 15.5 Å². The van der Waals surface area contributed by atoms with Crippen molar-refractivity contribution in [3.8, 4) is 0 Å². The third kappa shape index (κ3) is 3.57. The molecule has 1 aliphatic rings. The van der Waals surface area contributed by atoms with E-state index >= 15 is 0 Å². The minimum absolute atomic E-state index is 0.00787. The molecule has 0 heterocycles. The lowest BCUT2D eigenvalue weighted by Crippen LogP contribution is -2.33. The minimum Gasteiger partial charge on any atom is -0.328 e. The van der Waals surface area contributed by atoms with Crippen LogP contribution in [0.15, 0.2) is 29.2 Å². The molecule has 0 radical (unpaired) electrons. The lowest BCUT2D eigenvalue weighted by molar-refractivity contribution is -0.137. The normalized spacial score (nSPS) is 26.1. The lowest BCUT2D eigenvalue weighted by Gasteiger charge is -2.26. The molecule has 2 rings (SSSR count). The first-order chi connectivity index (χ1) is 8.88. The van der Waals surface area contributed by atoms with Gasteiger partial charge in [0.25, 0.3) is 0 Å². The van der Waals surface area contributed by atoms with Gasteiger partial charge in [-0.1, -0.05) is 12.5 Å². The van der Waals surface area contributed by atoms with Crippen molar-refractivity contribution in [2.24, 2.45) is 5.73 Å². The van der Waals surface area contributed by atoms with Crippen molar-refractivity contribution in [3.05, 3.63) is 29.8 Å². The fourth-order valence-corrected chi connectivity index (χ4v) is 4.01. The number of hydrogen-bond acceptors (Lipinski definition) is 2. The number of nitrogens with two attached hydrogens (primary N) is 1. The first-order valence-corrected chi connectivity index (χ1v) is 7.42. The summed E-state index contributed by atoms with van der Waals surface area (Å²) in [5.41, 5.74) is 5.07. The van der Waals surface area contributed by atoms with Crippen LogP contribution in [0.5, 0.6) is 0 Å². The van der Waals surface area contributed by atoms with E-state index in [-0.39, 0.29) is 16.2 Å². The molecular formula is C13H16F3NOS. The van der Waals surface area contributed by atoms with Gasteiger partial charge < -0.3 is 5.73 Å². The predicted molar refractivity (Wildman–Crippen MR) is 68.1 cm³/mol. The van der Waals surface area contributed by atoms with Crippen molar-refractivity contribution in [2.45, 2.75) is 48.0 Å². The Morgan fingerprint density at radius 3 is 2.63 bits per heavy atom. The largest absolute Gasteiger partial charge is 0.416 e. The molecule has 1 saturated carbocycles. The highest BCUT2D eigenvalue weighted by Crippen LogP contribution is 2.32. The second-order valence-electron chi connectivity index (χ2n) is 4.87. The molecule has 0 amide bonds. The van der Waals surface area contributed by atoms with Crippen LogP contribution >= 0.6 is 0 Å². The molecule has 1 fully saturated rings. The summed E-state index contributed by atoms with van der Waals surface area (Å²) in [5.74, 6) is 0. The molecule has 0 bridgehead atoms. The maximum absolute atomic E-state index is 12.6. The Morgan fingerprint density at radius 2 is 2.00 bits per heavy atom. The van der Waals surface area contributed by atoms with E-state index in [9.17, 15) is 17.4 Å². The second kappa shape index (κ2) is 5.63. The Balaban J connectivity index is 2.19. The number of rotatable bonds is 2. The molecule has 1 aliphatic carbocycles. The van der Waals surface area contributed by atoms with Gasteiger partial charge in [0, 0.05) is 16.2 Å². The molecule has 0 saturated heterocycles. The Morgan fingerprint density at radius 1 is 1.26 bits per heavy atom. The lowest BCUT2D eigenvalue weighted by atomic mass is 9.96. The zero-order valence-electron chi connectivity index (χ0n) is 10.3. The smallest absolute Gasteiger partial charge is 0.328 e. The molecule has 0 aliphatic heterocycles. The molecule has 1 aromatic rings. The average Bonchev–Trinajstić information content (AvgIpc) is 2.37. The molecule has 0 aromatic heterocycles. The van der Waals surface area contributed by atoms with E-state index in [1.54, 1.807) is 0 Å². The van der Waals surface area contributed by atoms with Gasteiger partial charge in [-0.2, -0.15) is 13.2 Å². The Hall–Kier alpha value is -0.880. The van der Waals surface area contributed by atoms with Crippen molar-refractivity contribution in [2.75, 3.05) is 0 Å². The van der Waals surface area contributed by atoms with Gasteiger partial charge in [0.2, 0.25) is 0 Å². The van der Waals surface area contributed by atoms with Crippen LogP contribution < -0.4 is 5.73 Å². The molecule has 2 nitrogen and oxygen atoms in total. The molecule has 2 N–H and O–H groups in total. The SMILES string of the molecule is NC1CCCC(S(=O)c2cccc(C(F)(F)F)c2)C1. The quantitative estimate of drug-likeness (QED) is 0.910. The highest BCUT2D eigenvalue weighted by Gasteiger charge is 2.32. The highest BCUT2D eigenvalue weighted by molar-refractivity contribution is 7.85. The first-order valence-electron chi connectivity index (χ1n) is 6.21. The number of benzene rings is 1. The summed E-state index contributed by atoms with van der Waals surface area (Å²) in [7, 11) is -1.42. The van der Waals surface area contributed by atoms with Gasteiger partial charge in [-0.3, -0.25) is 4.21 Å². The van der Waals surface area contributed by atoms with Gasteiger partial charge >= 0.3 is 6.18 Å². The van der Waals surface area contributed by atoms with Crippen LogP contribution in [0.1, 0.15) is 31.2 Å². The van der Waals surface area contributed by atoms with E-state index in [2.05, 4.69) is 0 Å². The number of halogens is 3. The van der Waals surface area contributed by atoms with E-state index in [4.69, 9.17) is 5.73 Å². The monoisotopic (exact) mass is 291 g/mol. The van der Waals surface area contributed by atoms with E-state index in [1.807, 2.05) is 0 Å². The summed E-state index contributed by atoms with van der Waals surface area (Å²) in [5, 5.41) is -0.132. The van der Waals surface area contributed by atoms with Crippen LogP contribution in [0.25, 0.3) is 0 Å². The summed E-state index contributed by atoms with van der Waals surface area (Å²) in [6, 6.07) is 4.78. The fraction of sp³-hybridized carbons (Fsp3) is 0.538. The third-order valence-electron chi connectivity index (χ3n) is 3.36. The van der Waals surface area contributed by atoms with Crippen molar-refractivity contribution in [1.29, 1.82) is 0 Å². The molecule has 0 spiro atoms. The van der Waals surface area contributed by atoms with Crippen molar-refractivity contribution >= 4 is 10.8 Å². The number of alkyl halides is 3. The van der Waals surface area contributed by atoms with Gasteiger partial charge in [-0.15, -0.1) is 0 Å². The highest BCUT2D eigenvalue weighted by atomic mass is 32.2. The van der Waals surface area contributed by atoms with E-state index in [0.717, 1.165) is 31.4 Å². The molecular weight excluding hydrogens is 275 g/mol. The summed E-state index contributed by atoms with van der Waals surface area (Å²) in [6.45, 7) is 0. The minimum atomic E-state index is -4.40. The Bertz CT molecular complexity index is 475. The van der Waals surface area contributed by atoms with E-state index in [1.165, 1.54) is 12.1 Å². The zero-order valence-corrected chi connectivity index (χ0v) is 11.1. The fourth-order valence-electron chi connectivity index (χ4n) is 2.37. The van der Waals surface area contributed by atoms with Crippen LogP contribution in [-0.2, 0) is 17.0 Å². The summed E-state index contributed by atoms with van der Waals surface area (Å²) < 4.78 is 50.2. The standard InChI is InChI=1S/C13H16F3NOS/c14-13(15,16)9-3-1-5-11(7-9)19(18)12-6-2-4-10(17)8-12/h1,3,5,7,10,12H,2,4,6,8,17H2. The maximum Gasteiger partial charge on any atom is 0.416 e. The van der Waals surface area contributed by atoms with Gasteiger partial charge in [0.1, 0.15) is 0 Å². The van der Waals surface area contributed by atoms with Gasteiger partial charge in [0.15, 0.2) is 0 Å². The van der Waals surface area contributed by atoms with Crippen molar-refractivity contribution in [1.82, 2.24) is 0 Å². The molecule has 1 aromatic carbocycles. The molecule has 3 unspecified atom stereocenters. The van der Waals surface area contributed by atoms with Crippen LogP contribution in [0, 0.1) is 0 Å². The van der Waals surface area contributed by atoms with Crippen LogP contribution in [0.3, 0.4) is 0 Å². The topological polar surface area (TPSA) is 43.1 Å². The molecule has 106 valence electrons. The Kier molecular flexibility index (Phi) is 4.30. The number of hydrogen-bond donors (Lipinski definition) is 1. The summed E-state index contributed by atoms with van der Waals surface area (Å²) in [4.78, 5) is 0.244. The third-order valence-corrected chi connectivity index (χ3v) is 5.12. The van der Waals surface area contributed by atoms with Gasteiger partial charge in [-0.05, 0) is 37.5 Å².